The van der Waals surface area contributed by atoms with E-state index in [-0.39, 0.29) is 6.61 Å². The van der Waals surface area contributed by atoms with Gasteiger partial charge < -0.3 is 15.2 Å². The van der Waals surface area contributed by atoms with E-state index in [1.807, 2.05) is 12.1 Å². The van der Waals surface area contributed by atoms with E-state index in [9.17, 15) is 0 Å². The van der Waals surface area contributed by atoms with Gasteiger partial charge in [0.2, 0.25) is 0 Å². The summed E-state index contributed by atoms with van der Waals surface area (Å²) in [6.07, 6.45) is 4.70. The third-order valence-electron chi connectivity index (χ3n) is 2.79. The van der Waals surface area contributed by atoms with E-state index in [0.717, 1.165) is 25.3 Å². The Balaban J connectivity index is 1.92. The number of benzene rings is 1. The summed E-state index contributed by atoms with van der Waals surface area (Å²) >= 11 is 0. The highest BCUT2D eigenvalue weighted by molar-refractivity contribution is 5.27. The Morgan fingerprint density at radius 2 is 1.94 bits per heavy atom. The summed E-state index contributed by atoms with van der Waals surface area (Å²) in [5.74, 6) is 0.972. The van der Waals surface area contributed by atoms with E-state index in [0.29, 0.717) is 6.54 Å². The van der Waals surface area contributed by atoms with E-state index in [1.54, 1.807) is 0 Å². The molecular weight excluding hydrogens is 226 g/mol. The van der Waals surface area contributed by atoms with Crippen molar-refractivity contribution in [2.75, 3.05) is 26.3 Å². The van der Waals surface area contributed by atoms with Crippen LogP contribution in [0.2, 0.25) is 0 Å². The second kappa shape index (κ2) is 9.92. The van der Waals surface area contributed by atoms with Gasteiger partial charge in [0.05, 0.1) is 13.2 Å². The monoisotopic (exact) mass is 251 g/mol. The molecule has 18 heavy (non-hydrogen) atoms. The molecule has 102 valence electrons. The molecule has 0 aliphatic carbocycles. The largest absolute Gasteiger partial charge is 0.494 e. The average Bonchev–Trinajstić information content (AvgIpc) is 2.37. The molecule has 1 aromatic carbocycles. The van der Waals surface area contributed by atoms with Crippen LogP contribution in [0.1, 0.15) is 31.2 Å². The summed E-state index contributed by atoms with van der Waals surface area (Å²) in [6.45, 7) is 4.81. The molecule has 3 heteroatoms. The zero-order valence-electron chi connectivity index (χ0n) is 11.3. The fourth-order valence-corrected chi connectivity index (χ4v) is 1.80. The van der Waals surface area contributed by atoms with E-state index in [1.165, 1.54) is 24.8 Å². The lowest BCUT2D eigenvalue weighted by molar-refractivity contribution is 0.290. The number of aliphatic hydroxyl groups excluding tert-OH is 1. The van der Waals surface area contributed by atoms with Gasteiger partial charge in [-0.3, -0.25) is 0 Å². The SMILES string of the molecule is Cc1cccc(OCCCCCCNCCO)c1. The molecule has 0 saturated carbocycles. The van der Waals surface area contributed by atoms with Gasteiger partial charge in [-0.1, -0.05) is 25.0 Å². The fourth-order valence-electron chi connectivity index (χ4n) is 1.80. The van der Waals surface area contributed by atoms with Crippen LogP contribution in [0, 0.1) is 6.92 Å². The quantitative estimate of drug-likeness (QED) is 0.628. The number of unbranched alkanes of at least 4 members (excludes halogenated alkanes) is 3. The Kier molecular flexibility index (Phi) is 8.26. The first-order chi connectivity index (χ1) is 8.83. The highest BCUT2D eigenvalue weighted by Crippen LogP contribution is 2.13. The minimum atomic E-state index is 0.227. The van der Waals surface area contributed by atoms with Crippen LogP contribution in [0.15, 0.2) is 24.3 Å². The van der Waals surface area contributed by atoms with Gasteiger partial charge in [-0.05, 0) is 44.0 Å². The van der Waals surface area contributed by atoms with Gasteiger partial charge in [-0.15, -0.1) is 0 Å². The van der Waals surface area contributed by atoms with Crippen LogP contribution in [0.4, 0.5) is 0 Å². The van der Waals surface area contributed by atoms with Crippen molar-refractivity contribution in [3.8, 4) is 5.75 Å². The molecule has 0 aliphatic rings. The lowest BCUT2D eigenvalue weighted by atomic mass is 10.2. The molecule has 0 atom stereocenters. The van der Waals surface area contributed by atoms with Crippen molar-refractivity contribution in [1.29, 1.82) is 0 Å². The van der Waals surface area contributed by atoms with Crippen molar-refractivity contribution >= 4 is 0 Å². The number of hydrogen-bond acceptors (Lipinski definition) is 3. The Morgan fingerprint density at radius 1 is 1.11 bits per heavy atom. The number of hydrogen-bond donors (Lipinski definition) is 2. The molecule has 1 aromatic rings. The molecule has 0 spiro atoms. The van der Waals surface area contributed by atoms with Crippen molar-refractivity contribution < 1.29 is 9.84 Å². The minimum absolute atomic E-state index is 0.227. The molecule has 0 amide bonds. The molecule has 1 rings (SSSR count). The third kappa shape index (κ3) is 7.30. The maximum Gasteiger partial charge on any atom is 0.119 e. The Morgan fingerprint density at radius 3 is 2.72 bits per heavy atom. The molecule has 0 bridgehead atoms. The van der Waals surface area contributed by atoms with Gasteiger partial charge in [0.1, 0.15) is 5.75 Å². The summed E-state index contributed by atoms with van der Waals surface area (Å²) < 4.78 is 5.68. The molecule has 0 fully saturated rings. The van der Waals surface area contributed by atoms with E-state index in [4.69, 9.17) is 9.84 Å². The van der Waals surface area contributed by atoms with E-state index in [2.05, 4.69) is 24.4 Å². The number of ether oxygens (including phenoxy) is 1. The summed E-state index contributed by atoms with van der Waals surface area (Å²) in [5.41, 5.74) is 1.24. The predicted octanol–water partition coefficient (Wildman–Crippen LogP) is 2.52. The summed E-state index contributed by atoms with van der Waals surface area (Å²) in [4.78, 5) is 0. The van der Waals surface area contributed by atoms with Gasteiger partial charge >= 0.3 is 0 Å². The number of aliphatic hydroxyl groups is 1. The highest BCUT2D eigenvalue weighted by Gasteiger charge is 1.94. The fraction of sp³-hybridized carbons (Fsp3) is 0.600. The highest BCUT2D eigenvalue weighted by atomic mass is 16.5. The standard InChI is InChI=1S/C15H25NO2/c1-14-7-6-8-15(13-14)18-12-5-3-2-4-9-16-10-11-17/h6-8,13,16-17H,2-5,9-12H2,1H3. The second-order valence-electron chi connectivity index (χ2n) is 4.55. The Hall–Kier alpha value is -1.06. The lowest BCUT2D eigenvalue weighted by Crippen LogP contribution is -2.19. The molecule has 0 unspecified atom stereocenters. The van der Waals surface area contributed by atoms with Crippen molar-refractivity contribution in [3.05, 3.63) is 29.8 Å². The summed E-state index contributed by atoms with van der Waals surface area (Å²) in [6, 6.07) is 8.17. The first-order valence-electron chi connectivity index (χ1n) is 6.84. The van der Waals surface area contributed by atoms with Gasteiger partial charge in [0.25, 0.3) is 0 Å². The van der Waals surface area contributed by atoms with Gasteiger partial charge in [-0.2, -0.15) is 0 Å². The van der Waals surface area contributed by atoms with Crippen molar-refractivity contribution in [2.24, 2.45) is 0 Å². The second-order valence-corrected chi connectivity index (χ2v) is 4.55. The van der Waals surface area contributed by atoms with Crippen LogP contribution < -0.4 is 10.1 Å². The van der Waals surface area contributed by atoms with Crippen molar-refractivity contribution in [2.45, 2.75) is 32.6 Å². The van der Waals surface area contributed by atoms with Crippen LogP contribution in [0.5, 0.6) is 5.75 Å². The number of nitrogens with one attached hydrogen (secondary N) is 1. The van der Waals surface area contributed by atoms with Crippen LogP contribution in [0.25, 0.3) is 0 Å². The molecule has 0 aromatic heterocycles. The van der Waals surface area contributed by atoms with Crippen molar-refractivity contribution in [1.82, 2.24) is 5.32 Å². The third-order valence-corrected chi connectivity index (χ3v) is 2.79. The van der Waals surface area contributed by atoms with E-state index >= 15 is 0 Å². The predicted molar refractivity (Wildman–Crippen MR) is 75.1 cm³/mol. The van der Waals surface area contributed by atoms with Crippen LogP contribution in [-0.4, -0.2) is 31.4 Å². The lowest BCUT2D eigenvalue weighted by Gasteiger charge is -2.07. The normalized spacial score (nSPS) is 10.6. The summed E-state index contributed by atoms with van der Waals surface area (Å²) in [7, 11) is 0. The van der Waals surface area contributed by atoms with Crippen LogP contribution >= 0.6 is 0 Å². The topological polar surface area (TPSA) is 41.5 Å². The molecular formula is C15H25NO2. The molecule has 2 N–H and O–H groups in total. The van der Waals surface area contributed by atoms with Crippen LogP contribution in [-0.2, 0) is 0 Å². The molecule has 3 nitrogen and oxygen atoms in total. The Labute approximate surface area is 110 Å². The number of aryl methyl sites for hydroxylation is 1. The Bertz CT molecular complexity index is 315. The average molecular weight is 251 g/mol. The van der Waals surface area contributed by atoms with E-state index < -0.39 is 0 Å². The smallest absolute Gasteiger partial charge is 0.119 e. The van der Waals surface area contributed by atoms with Crippen LogP contribution in [0.3, 0.4) is 0 Å². The maximum absolute atomic E-state index is 8.59. The molecule has 0 radical (unpaired) electrons. The molecule has 0 heterocycles. The first-order valence-corrected chi connectivity index (χ1v) is 6.84. The summed E-state index contributed by atoms with van der Waals surface area (Å²) in [5, 5.41) is 11.8. The first kappa shape index (κ1) is 15.0. The van der Waals surface area contributed by atoms with Gasteiger partial charge in [0.15, 0.2) is 0 Å². The number of rotatable bonds is 10. The van der Waals surface area contributed by atoms with Gasteiger partial charge in [0, 0.05) is 6.54 Å². The van der Waals surface area contributed by atoms with Crippen molar-refractivity contribution in [3.63, 3.8) is 0 Å². The minimum Gasteiger partial charge on any atom is -0.494 e. The molecule has 0 saturated heterocycles. The van der Waals surface area contributed by atoms with Gasteiger partial charge in [-0.25, -0.2) is 0 Å². The maximum atomic E-state index is 8.59. The zero-order valence-corrected chi connectivity index (χ0v) is 11.3. The molecule has 0 aliphatic heterocycles. The zero-order chi connectivity index (χ0) is 13.1.